The van der Waals surface area contributed by atoms with E-state index >= 15 is 0 Å². The predicted octanol–water partition coefficient (Wildman–Crippen LogP) is 2.06. The van der Waals surface area contributed by atoms with E-state index in [4.69, 9.17) is 4.74 Å². The number of hydrogen-bond acceptors (Lipinski definition) is 5. The Bertz CT molecular complexity index is 633. The first-order valence-electron chi connectivity index (χ1n) is 8.88. The zero-order chi connectivity index (χ0) is 17.5. The Labute approximate surface area is 149 Å². The molecule has 2 atom stereocenters. The van der Waals surface area contributed by atoms with E-state index in [0.717, 1.165) is 38.2 Å². The van der Waals surface area contributed by atoms with Crippen LogP contribution in [0.5, 0.6) is 5.88 Å². The van der Waals surface area contributed by atoms with Crippen LogP contribution in [-0.4, -0.2) is 47.8 Å². The molecule has 0 saturated carbocycles. The summed E-state index contributed by atoms with van der Waals surface area (Å²) in [5.74, 6) is 0.932. The van der Waals surface area contributed by atoms with Crippen LogP contribution in [0.15, 0.2) is 48.7 Å². The number of nitrogens with one attached hydrogen (secondary N) is 1. The fourth-order valence-corrected chi connectivity index (χ4v) is 3.39. The molecular formula is C20H27N3O2. The van der Waals surface area contributed by atoms with Gasteiger partial charge in [0, 0.05) is 44.5 Å². The number of rotatable bonds is 7. The minimum Gasteiger partial charge on any atom is -0.481 e. The van der Waals surface area contributed by atoms with Gasteiger partial charge in [0.1, 0.15) is 0 Å². The van der Waals surface area contributed by atoms with E-state index in [2.05, 4.69) is 45.5 Å². The smallest absolute Gasteiger partial charge is 0.212 e. The van der Waals surface area contributed by atoms with E-state index in [1.807, 2.05) is 18.3 Å². The fourth-order valence-electron chi connectivity index (χ4n) is 3.39. The highest BCUT2D eigenvalue weighted by Crippen LogP contribution is 2.20. The second kappa shape index (κ2) is 8.94. The molecule has 0 spiro atoms. The molecule has 1 aromatic carbocycles. The molecule has 0 amide bonds. The fraction of sp³-hybridized carbons (Fsp3) is 0.450. The Morgan fingerprint density at radius 2 is 2.04 bits per heavy atom. The van der Waals surface area contributed by atoms with E-state index < -0.39 is 0 Å². The summed E-state index contributed by atoms with van der Waals surface area (Å²) in [6.07, 6.45) is 2.85. The summed E-state index contributed by atoms with van der Waals surface area (Å²) in [6, 6.07) is 14.7. The predicted molar refractivity (Wildman–Crippen MR) is 98.3 cm³/mol. The number of methoxy groups -OCH3 is 1. The second-order valence-corrected chi connectivity index (χ2v) is 6.65. The Hall–Kier alpha value is -1.95. The van der Waals surface area contributed by atoms with E-state index in [-0.39, 0.29) is 12.6 Å². The van der Waals surface area contributed by atoms with Gasteiger partial charge in [0.15, 0.2) is 0 Å². The number of benzene rings is 1. The van der Waals surface area contributed by atoms with Crippen molar-refractivity contribution in [2.45, 2.75) is 25.6 Å². The first-order chi connectivity index (χ1) is 12.3. The van der Waals surface area contributed by atoms with Crippen LogP contribution in [-0.2, 0) is 13.1 Å². The molecule has 1 aromatic heterocycles. The summed E-state index contributed by atoms with van der Waals surface area (Å²) in [6.45, 7) is 3.92. The number of aliphatic hydroxyl groups is 1. The number of pyridine rings is 1. The maximum Gasteiger partial charge on any atom is 0.212 e. The third-order valence-corrected chi connectivity index (χ3v) is 4.90. The minimum atomic E-state index is 0.234. The number of hydrogen-bond donors (Lipinski definition) is 2. The molecule has 1 saturated heterocycles. The van der Waals surface area contributed by atoms with Crippen molar-refractivity contribution in [2.24, 2.45) is 5.92 Å². The maximum atomic E-state index is 9.72. The molecule has 1 aliphatic rings. The first kappa shape index (κ1) is 17.9. The summed E-state index contributed by atoms with van der Waals surface area (Å²) in [5, 5.41) is 13.3. The number of likely N-dealkylation sites (tertiary alicyclic amines) is 1. The minimum absolute atomic E-state index is 0.234. The molecule has 5 heteroatoms. The number of piperidine rings is 1. The van der Waals surface area contributed by atoms with Gasteiger partial charge in [-0.2, -0.15) is 0 Å². The lowest BCUT2D eigenvalue weighted by atomic mass is 9.91. The molecule has 0 radical (unpaired) electrons. The van der Waals surface area contributed by atoms with Crippen LogP contribution in [0, 0.1) is 5.92 Å². The zero-order valence-corrected chi connectivity index (χ0v) is 14.8. The van der Waals surface area contributed by atoms with Crippen LogP contribution in [0.1, 0.15) is 17.5 Å². The van der Waals surface area contributed by atoms with Crippen molar-refractivity contribution >= 4 is 0 Å². The molecule has 2 heterocycles. The molecule has 0 bridgehead atoms. The third kappa shape index (κ3) is 5.01. The van der Waals surface area contributed by atoms with Gasteiger partial charge < -0.3 is 15.2 Å². The molecule has 2 N–H and O–H groups in total. The second-order valence-electron chi connectivity index (χ2n) is 6.65. The highest BCUT2D eigenvalue weighted by molar-refractivity contribution is 5.18. The molecule has 5 nitrogen and oxygen atoms in total. The average molecular weight is 341 g/mol. The number of aromatic nitrogens is 1. The largest absolute Gasteiger partial charge is 0.481 e. The highest BCUT2D eigenvalue weighted by atomic mass is 16.5. The van der Waals surface area contributed by atoms with Crippen LogP contribution in [0.2, 0.25) is 0 Å². The van der Waals surface area contributed by atoms with Gasteiger partial charge in [0.25, 0.3) is 0 Å². The van der Waals surface area contributed by atoms with E-state index in [1.54, 1.807) is 7.11 Å². The topological polar surface area (TPSA) is 57.6 Å². The normalized spacial score (nSPS) is 21.2. The van der Waals surface area contributed by atoms with Crippen molar-refractivity contribution in [3.05, 3.63) is 59.8 Å². The molecular weight excluding hydrogens is 314 g/mol. The van der Waals surface area contributed by atoms with Gasteiger partial charge in [-0.15, -0.1) is 0 Å². The third-order valence-electron chi connectivity index (χ3n) is 4.90. The summed E-state index contributed by atoms with van der Waals surface area (Å²) in [5.41, 5.74) is 2.46. The van der Waals surface area contributed by atoms with Crippen molar-refractivity contribution in [1.82, 2.24) is 15.2 Å². The maximum absolute atomic E-state index is 9.72. The Morgan fingerprint density at radius 3 is 2.72 bits per heavy atom. The molecule has 134 valence electrons. The van der Waals surface area contributed by atoms with E-state index in [0.29, 0.717) is 11.8 Å². The lowest BCUT2D eigenvalue weighted by molar-refractivity contribution is 0.0906. The van der Waals surface area contributed by atoms with E-state index in [1.165, 1.54) is 5.56 Å². The van der Waals surface area contributed by atoms with E-state index in [9.17, 15) is 5.11 Å². The number of aliphatic hydroxyl groups excluding tert-OH is 1. The quantitative estimate of drug-likeness (QED) is 0.807. The van der Waals surface area contributed by atoms with Crippen molar-refractivity contribution in [1.29, 1.82) is 0 Å². The van der Waals surface area contributed by atoms with Gasteiger partial charge in [-0.3, -0.25) is 4.90 Å². The van der Waals surface area contributed by atoms with Crippen LogP contribution < -0.4 is 10.1 Å². The molecule has 1 aliphatic heterocycles. The summed E-state index contributed by atoms with van der Waals surface area (Å²) >= 11 is 0. The van der Waals surface area contributed by atoms with Crippen LogP contribution in [0.25, 0.3) is 0 Å². The Kier molecular flexibility index (Phi) is 6.39. The van der Waals surface area contributed by atoms with Crippen LogP contribution in [0.3, 0.4) is 0 Å². The van der Waals surface area contributed by atoms with Crippen molar-refractivity contribution in [3.8, 4) is 5.88 Å². The Balaban J connectivity index is 1.56. The molecule has 2 aromatic rings. The first-order valence-corrected chi connectivity index (χ1v) is 8.88. The molecule has 0 aliphatic carbocycles. The molecule has 3 rings (SSSR count). The molecule has 25 heavy (non-hydrogen) atoms. The SMILES string of the molecule is COc1ccc(CN[C@@H]2CN(Cc3ccccc3)CC[C@@H]2CO)cn1. The highest BCUT2D eigenvalue weighted by Gasteiger charge is 2.28. The van der Waals surface area contributed by atoms with Gasteiger partial charge in [0.2, 0.25) is 5.88 Å². The number of ether oxygens (including phenoxy) is 1. The van der Waals surface area contributed by atoms with Crippen LogP contribution in [0.4, 0.5) is 0 Å². The summed E-state index contributed by atoms with van der Waals surface area (Å²) in [4.78, 5) is 6.71. The van der Waals surface area contributed by atoms with Crippen LogP contribution >= 0.6 is 0 Å². The standard InChI is InChI=1S/C20H27N3O2/c1-25-20-8-7-17(12-22-20)11-21-19-14-23(10-9-18(19)15-24)13-16-5-3-2-4-6-16/h2-8,12,18-19,21,24H,9-11,13-15H2,1H3/t18-,19-/m1/s1. The molecule has 1 fully saturated rings. The zero-order valence-electron chi connectivity index (χ0n) is 14.8. The average Bonchev–Trinajstić information content (AvgIpc) is 2.68. The van der Waals surface area contributed by atoms with Gasteiger partial charge in [-0.05, 0) is 30.0 Å². The van der Waals surface area contributed by atoms with Crippen molar-refractivity contribution in [3.63, 3.8) is 0 Å². The summed E-state index contributed by atoms with van der Waals surface area (Å²) < 4.78 is 5.10. The lowest BCUT2D eigenvalue weighted by Gasteiger charge is -2.38. The molecule has 0 unspecified atom stereocenters. The number of nitrogens with zero attached hydrogens (tertiary/aromatic N) is 2. The Morgan fingerprint density at radius 1 is 1.20 bits per heavy atom. The monoisotopic (exact) mass is 341 g/mol. The van der Waals surface area contributed by atoms with Gasteiger partial charge in [-0.25, -0.2) is 4.98 Å². The van der Waals surface area contributed by atoms with Gasteiger partial charge in [0.05, 0.1) is 7.11 Å². The van der Waals surface area contributed by atoms with Crippen molar-refractivity contribution in [2.75, 3.05) is 26.8 Å². The van der Waals surface area contributed by atoms with Crippen molar-refractivity contribution < 1.29 is 9.84 Å². The van der Waals surface area contributed by atoms with Gasteiger partial charge >= 0.3 is 0 Å². The van der Waals surface area contributed by atoms with Gasteiger partial charge in [-0.1, -0.05) is 36.4 Å². The lowest BCUT2D eigenvalue weighted by Crippen LogP contribution is -2.51. The summed E-state index contributed by atoms with van der Waals surface area (Å²) in [7, 11) is 1.62.